The van der Waals surface area contributed by atoms with Crippen LogP contribution in [0, 0.1) is 10.1 Å². The van der Waals surface area contributed by atoms with Gasteiger partial charge in [0.25, 0.3) is 0 Å². The van der Waals surface area contributed by atoms with Crippen LogP contribution in [0.3, 0.4) is 0 Å². The molecule has 8 heteroatoms. The number of carbonyl (C=O) groups is 2. The number of anilines is 1. The van der Waals surface area contributed by atoms with Gasteiger partial charge in [-0.3, -0.25) is 19.7 Å². The molecule has 0 bridgehead atoms. The Balaban J connectivity index is 1.75. The molecule has 0 spiro atoms. The molecule has 1 aliphatic heterocycles. The first-order valence-electron chi connectivity index (χ1n) is 7.78. The van der Waals surface area contributed by atoms with Gasteiger partial charge in [0.1, 0.15) is 5.75 Å². The van der Waals surface area contributed by atoms with E-state index in [1.165, 1.54) is 25.3 Å². The second-order valence-electron chi connectivity index (χ2n) is 5.78. The van der Waals surface area contributed by atoms with E-state index in [1.54, 1.807) is 30.1 Å². The van der Waals surface area contributed by atoms with Crippen LogP contribution in [0.2, 0.25) is 0 Å². The summed E-state index contributed by atoms with van der Waals surface area (Å²) in [6.07, 6.45) is 0.248. The number of Topliss-reactive ketones (excluding diaryl/α,β-unsaturated/α-hetero) is 1. The topological polar surface area (TPSA) is 99.0 Å². The molecule has 0 saturated heterocycles. The van der Waals surface area contributed by atoms with Gasteiger partial charge < -0.3 is 14.4 Å². The second-order valence-corrected chi connectivity index (χ2v) is 5.78. The van der Waals surface area contributed by atoms with E-state index >= 15 is 0 Å². The first-order chi connectivity index (χ1) is 12.4. The highest BCUT2D eigenvalue weighted by atomic mass is 16.6. The summed E-state index contributed by atoms with van der Waals surface area (Å²) in [6, 6.07) is 9.12. The van der Waals surface area contributed by atoms with Crippen LogP contribution in [0.1, 0.15) is 15.9 Å². The largest absolute Gasteiger partial charge is 0.496 e. The van der Waals surface area contributed by atoms with E-state index in [0.717, 1.165) is 11.3 Å². The maximum atomic E-state index is 12.4. The smallest absolute Gasteiger partial charge is 0.314 e. The lowest BCUT2D eigenvalue weighted by Gasteiger charge is -2.11. The normalized spacial score (nSPS) is 12.7. The lowest BCUT2D eigenvalue weighted by Crippen LogP contribution is -2.20. The van der Waals surface area contributed by atoms with Crippen molar-refractivity contribution in [1.82, 2.24) is 0 Å². The molecule has 134 valence electrons. The van der Waals surface area contributed by atoms with E-state index in [-0.39, 0.29) is 36.2 Å². The molecule has 0 atom stereocenters. The molecule has 0 saturated carbocycles. The molecule has 26 heavy (non-hydrogen) atoms. The van der Waals surface area contributed by atoms with E-state index in [2.05, 4.69) is 0 Å². The number of carbonyl (C=O) groups excluding carboxylic acids is 2. The van der Waals surface area contributed by atoms with Gasteiger partial charge in [0.15, 0.2) is 18.1 Å². The lowest BCUT2D eigenvalue weighted by atomic mass is 10.1. The molecular formula is C18H16N2O6. The molecule has 1 aliphatic rings. The fourth-order valence-corrected chi connectivity index (χ4v) is 2.76. The summed E-state index contributed by atoms with van der Waals surface area (Å²) in [4.78, 5) is 36.2. The third-order valence-corrected chi connectivity index (χ3v) is 4.20. The Morgan fingerprint density at radius 1 is 1.27 bits per heavy atom. The molecule has 2 aromatic carbocycles. The molecule has 2 aromatic rings. The van der Waals surface area contributed by atoms with Crippen LogP contribution in [-0.2, 0) is 11.2 Å². The number of benzene rings is 2. The number of methoxy groups -OCH3 is 1. The first kappa shape index (κ1) is 17.4. The zero-order valence-electron chi connectivity index (χ0n) is 14.2. The van der Waals surface area contributed by atoms with Crippen LogP contribution in [0.25, 0.3) is 0 Å². The van der Waals surface area contributed by atoms with Gasteiger partial charge in [-0.25, -0.2) is 0 Å². The minimum Gasteiger partial charge on any atom is -0.496 e. The minimum absolute atomic E-state index is 0.0137. The third kappa shape index (κ3) is 3.21. The van der Waals surface area contributed by atoms with Crippen LogP contribution >= 0.6 is 0 Å². The zero-order valence-corrected chi connectivity index (χ0v) is 14.2. The molecule has 8 nitrogen and oxygen atoms in total. The maximum Gasteiger partial charge on any atom is 0.314 e. The van der Waals surface area contributed by atoms with Gasteiger partial charge in [0, 0.05) is 18.3 Å². The Hall–Kier alpha value is -3.42. The van der Waals surface area contributed by atoms with Gasteiger partial charge in [-0.05, 0) is 35.9 Å². The Morgan fingerprint density at radius 2 is 2.04 bits per heavy atom. The van der Waals surface area contributed by atoms with Crippen molar-refractivity contribution in [3.05, 3.63) is 57.6 Å². The van der Waals surface area contributed by atoms with Crippen molar-refractivity contribution in [3.8, 4) is 11.5 Å². The molecular weight excluding hydrogens is 340 g/mol. The van der Waals surface area contributed by atoms with Crippen LogP contribution in [0.5, 0.6) is 11.5 Å². The third-order valence-electron chi connectivity index (χ3n) is 4.20. The number of nitro benzene ring substituents is 1. The summed E-state index contributed by atoms with van der Waals surface area (Å²) >= 11 is 0. The number of hydrogen-bond acceptors (Lipinski definition) is 6. The van der Waals surface area contributed by atoms with E-state index in [9.17, 15) is 19.7 Å². The minimum atomic E-state index is -0.598. The SMILES string of the molecule is COc1ccc(OCC(=O)c2ccc3c(c2)CC(=O)N3C)c([N+](=O)[O-])c1. The average molecular weight is 356 g/mol. The lowest BCUT2D eigenvalue weighted by molar-refractivity contribution is -0.385. The maximum absolute atomic E-state index is 12.4. The van der Waals surface area contributed by atoms with Crippen LogP contribution in [0.4, 0.5) is 11.4 Å². The van der Waals surface area contributed by atoms with Crippen molar-refractivity contribution in [2.45, 2.75) is 6.42 Å². The second kappa shape index (κ2) is 6.83. The van der Waals surface area contributed by atoms with E-state index < -0.39 is 4.92 Å². The molecule has 0 aliphatic carbocycles. The van der Waals surface area contributed by atoms with Crippen molar-refractivity contribution in [1.29, 1.82) is 0 Å². The number of rotatable bonds is 6. The summed E-state index contributed by atoms with van der Waals surface area (Å²) in [6.45, 7) is -0.351. The van der Waals surface area contributed by atoms with Crippen LogP contribution in [-0.4, -0.2) is 37.4 Å². The van der Waals surface area contributed by atoms with Gasteiger partial charge in [-0.2, -0.15) is 0 Å². The molecule has 0 radical (unpaired) electrons. The molecule has 3 rings (SSSR count). The highest BCUT2D eigenvalue weighted by Crippen LogP contribution is 2.31. The fourth-order valence-electron chi connectivity index (χ4n) is 2.76. The summed E-state index contributed by atoms with van der Waals surface area (Å²) in [5.41, 5.74) is 1.67. The van der Waals surface area contributed by atoms with Gasteiger partial charge in [0.2, 0.25) is 5.91 Å². The number of likely N-dealkylation sites (N-methyl/N-ethyl adjacent to an activating group) is 1. The molecule has 1 heterocycles. The Labute approximate surface area is 149 Å². The average Bonchev–Trinajstić information content (AvgIpc) is 2.92. The van der Waals surface area contributed by atoms with Gasteiger partial charge in [-0.15, -0.1) is 0 Å². The summed E-state index contributed by atoms with van der Waals surface area (Å²) in [5, 5.41) is 11.1. The number of nitro groups is 1. The number of ether oxygens (including phenoxy) is 2. The molecule has 0 unspecified atom stereocenters. The Kier molecular flexibility index (Phi) is 4.57. The van der Waals surface area contributed by atoms with Crippen molar-refractivity contribution in [3.63, 3.8) is 0 Å². The Morgan fingerprint density at radius 3 is 2.73 bits per heavy atom. The first-order valence-corrected chi connectivity index (χ1v) is 7.78. The number of amides is 1. The van der Waals surface area contributed by atoms with Crippen molar-refractivity contribution < 1.29 is 24.0 Å². The fraction of sp³-hybridized carbons (Fsp3) is 0.222. The quantitative estimate of drug-likeness (QED) is 0.448. The van der Waals surface area contributed by atoms with Crippen LogP contribution < -0.4 is 14.4 Å². The van der Waals surface area contributed by atoms with Gasteiger partial charge >= 0.3 is 5.69 Å². The van der Waals surface area contributed by atoms with Gasteiger partial charge in [0.05, 0.1) is 24.5 Å². The Bertz CT molecular complexity index is 909. The van der Waals surface area contributed by atoms with E-state index in [1.807, 2.05) is 0 Å². The predicted octanol–water partition coefficient (Wildman–Crippen LogP) is 2.38. The number of nitrogens with zero attached hydrogens (tertiary/aromatic N) is 2. The standard InChI is InChI=1S/C18H16N2O6/c1-19-14-5-3-11(7-12(14)8-18(19)22)16(21)10-26-17-6-4-13(25-2)9-15(17)20(23)24/h3-7,9H,8,10H2,1-2H3. The van der Waals surface area contributed by atoms with Crippen molar-refractivity contribution in [2.75, 3.05) is 25.7 Å². The van der Waals surface area contributed by atoms with E-state index in [4.69, 9.17) is 9.47 Å². The van der Waals surface area contributed by atoms with Crippen molar-refractivity contribution in [2.24, 2.45) is 0 Å². The molecule has 0 N–H and O–H groups in total. The molecule has 0 fully saturated rings. The summed E-state index contributed by atoms with van der Waals surface area (Å²) < 4.78 is 10.3. The van der Waals surface area contributed by atoms with Crippen LogP contribution in [0.15, 0.2) is 36.4 Å². The summed E-state index contributed by atoms with van der Waals surface area (Å²) in [7, 11) is 3.08. The molecule has 1 amide bonds. The predicted molar refractivity (Wildman–Crippen MR) is 93.0 cm³/mol. The number of ketones is 1. The zero-order chi connectivity index (χ0) is 18.8. The highest BCUT2D eigenvalue weighted by Gasteiger charge is 2.25. The van der Waals surface area contributed by atoms with E-state index in [0.29, 0.717) is 11.3 Å². The highest BCUT2D eigenvalue weighted by molar-refractivity contribution is 6.03. The summed E-state index contributed by atoms with van der Waals surface area (Å²) in [5.74, 6) is -0.0577. The monoisotopic (exact) mass is 356 g/mol. The molecule has 0 aromatic heterocycles. The number of fused-ring (bicyclic) bond motifs is 1. The van der Waals surface area contributed by atoms with Gasteiger partial charge in [-0.1, -0.05) is 0 Å². The van der Waals surface area contributed by atoms with Crippen molar-refractivity contribution >= 4 is 23.1 Å². The number of hydrogen-bond donors (Lipinski definition) is 0.